The first kappa shape index (κ1) is 27.2. The van der Waals surface area contributed by atoms with Gasteiger partial charge < -0.3 is 0 Å². The van der Waals surface area contributed by atoms with Gasteiger partial charge in [0.15, 0.2) is 0 Å². The van der Waals surface area contributed by atoms with E-state index in [9.17, 15) is 8.42 Å². The monoisotopic (exact) mass is 438 g/mol. The molecule has 4 heteroatoms. The van der Waals surface area contributed by atoms with E-state index in [2.05, 4.69) is 6.92 Å². The lowest BCUT2D eigenvalue weighted by molar-refractivity contribution is 0.288. The molecule has 0 saturated carbocycles. The molecular weight excluding hydrogens is 392 g/mol. The molecule has 0 N–H and O–H groups in total. The Bertz CT molecular complexity index is 623. The number of benzene rings is 1. The predicted molar refractivity (Wildman–Crippen MR) is 129 cm³/mol. The van der Waals surface area contributed by atoms with E-state index < -0.39 is 14.9 Å². The third-order valence-electron chi connectivity index (χ3n) is 6.03. The molecular formula is C26H46O3S. The molecule has 0 aliphatic carbocycles. The summed E-state index contributed by atoms with van der Waals surface area (Å²) in [4.78, 5) is 0. The molecule has 0 aromatic heterocycles. The highest BCUT2D eigenvalue weighted by Gasteiger charge is 2.34. The fourth-order valence-corrected chi connectivity index (χ4v) is 4.75. The second-order valence-electron chi connectivity index (χ2n) is 9.31. The average molecular weight is 439 g/mol. The molecule has 1 rings (SSSR count). The third kappa shape index (κ3) is 12.1. The Morgan fingerprint density at radius 1 is 0.700 bits per heavy atom. The molecule has 0 unspecified atom stereocenters. The van der Waals surface area contributed by atoms with Crippen LogP contribution in [-0.2, 0) is 20.9 Å². The molecule has 0 atom stereocenters. The lowest BCUT2D eigenvalue weighted by Gasteiger charge is -2.24. The number of unbranched alkanes of at least 4 members (excludes halogenated alkanes) is 13. The van der Waals surface area contributed by atoms with Crippen LogP contribution in [0, 0.1) is 0 Å². The van der Waals surface area contributed by atoms with Gasteiger partial charge in [0.1, 0.15) is 0 Å². The lowest BCUT2D eigenvalue weighted by Crippen LogP contribution is -2.33. The Labute approximate surface area is 187 Å². The maximum atomic E-state index is 12.6. The van der Waals surface area contributed by atoms with Crippen molar-refractivity contribution in [2.75, 3.05) is 0 Å². The summed E-state index contributed by atoms with van der Waals surface area (Å²) in [5, 5.41) is 0. The fourth-order valence-electron chi connectivity index (χ4n) is 3.75. The van der Waals surface area contributed by atoms with Crippen molar-refractivity contribution in [1.82, 2.24) is 0 Å². The number of hydrogen-bond donors (Lipinski definition) is 0. The van der Waals surface area contributed by atoms with Gasteiger partial charge >= 0.3 is 0 Å². The average Bonchev–Trinajstić information content (AvgIpc) is 2.73. The molecule has 174 valence electrons. The minimum atomic E-state index is -3.58. The molecule has 3 nitrogen and oxygen atoms in total. The quantitative estimate of drug-likeness (QED) is 0.161. The van der Waals surface area contributed by atoms with Crippen molar-refractivity contribution in [1.29, 1.82) is 0 Å². The molecule has 0 aliphatic rings. The van der Waals surface area contributed by atoms with E-state index in [1.165, 1.54) is 77.0 Å². The molecule has 0 aliphatic heterocycles. The predicted octanol–water partition coefficient (Wildman–Crippen LogP) is 8.18. The third-order valence-corrected chi connectivity index (χ3v) is 8.02. The first-order valence-corrected chi connectivity index (χ1v) is 13.7. The van der Waals surface area contributed by atoms with Gasteiger partial charge in [-0.3, -0.25) is 4.18 Å². The van der Waals surface area contributed by atoms with Crippen molar-refractivity contribution in [2.24, 2.45) is 0 Å². The van der Waals surface area contributed by atoms with Crippen LogP contribution in [0.3, 0.4) is 0 Å². The van der Waals surface area contributed by atoms with E-state index in [-0.39, 0.29) is 6.61 Å². The van der Waals surface area contributed by atoms with Gasteiger partial charge in [-0.25, -0.2) is 0 Å². The van der Waals surface area contributed by atoms with Crippen molar-refractivity contribution in [3.63, 3.8) is 0 Å². The van der Waals surface area contributed by atoms with E-state index in [1.54, 1.807) is 13.8 Å². The minimum Gasteiger partial charge on any atom is -0.265 e. The molecule has 0 heterocycles. The van der Waals surface area contributed by atoms with Crippen LogP contribution < -0.4 is 0 Å². The van der Waals surface area contributed by atoms with Crippen LogP contribution in [0.25, 0.3) is 0 Å². The summed E-state index contributed by atoms with van der Waals surface area (Å²) in [6.07, 6.45) is 19.0. The Hall–Kier alpha value is -0.870. The van der Waals surface area contributed by atoms with E-state index >= 15 is 0 Å². The maximum Gasteiger partial charge on any atom is 0.272 e. The molecule has 0 radical (unpaired) electrons. The van der Waals surface area contributed by atoms with Crippen molar-refractivity contribution in [3.8, 4) is 0 Å². The van der Waals surface area contributed by atoms with E-state index in [0.29, 0.717) is 6.42 Å². The first-order valence-electron chi connectivity index (χ1n) is 12.3. The summed E-state index contributed by atoms with van der Waals surface area (Å²) in [6.45, 7) is 5.96. The highest BCUT2D eigenvalue weighted by molar-refractivity contribution is 7.88. The van der Waals surface area contributed by atoms with Gasteiger partial charge in [-0.15, -0.1) is 0 Å². The second kappa shape index (κ2) is 15.9. The van der Waals surface area contributed by atoms with E-state index in [4.69, 9.17) is 4.18 Å². The smallest absolute Gasteiger partial charge is 0.265 e. The number of rotatable bonds is 19. The van der Waals surface area contributed by atoms with Crippen LogP contribution in [0.5, 0.6) is 0 Å². The zero-order valence-electron chi connectivity index (χ0n) is 19.8. The maximum absolute atomic E-state index is 12.6. The Balaban J connectivity index is 2.04. The van der Waals surface area contributed by atoms with Crippen molar-refractivity contribution in [2.45, 2.75) is 128 Å². The summed E-state index contributed by atoms with van der Waals surface area (Å²) >= 11 is 0. The van der Waals surface area contributed by atoms with Gasteiger partial charge in [-0.1, -0.05) is 127 Å². The highest BCUT2D eigenvalue weighted by Crippen LogP contribution is 2.26. The van der Waals surface area contributed by atoms with Gasteiger partial charge in [-0.05, 0) is 25.8 Å². The van der Waals surface area contributed by atoms with Crippen LogP contribution in [-0.4, -0.2) is 13.2 Å². The second-order valence-corrected chi connectivity index (χ2v) is 11.6. The van der Waals surface area contributed by atoms with Crippen LogP contribution in [0.15, 0.2) is 30.3 Å². The highest BCUT2D eigenvalue weighted by atomic mass is 32.2. The van der Waals surface area contributed by atoms with Gasteiger partial charge in [0.2, 0.25) is 0 Å². The summed E-state index contributed by atoms with van der Waals surface area (Å²) in [7, 11) is -3.58. The lowest BCUT2D eigenvalue weighted by atomic mass is 10.0. The van der Waals surface area contributed by atoms with Crippen LogP contribution in [0.4, 0.5) is 0 Å². The zero-order valence-corrected chi connectivity index (χ0v) is 20.6. The summed E-state index contributed by atoms with van der Waals surface area (Å²) in [5.74, 6) is 0. The van der Waals surface area contributed by atoms with Crippen molar-refractivity contribution < 1.29 is 12.6 Å². The fraction of sp³-hybridized carbons (Fsp3) is 0.769. The molecule has 30 heavy (non-hydrogen) atoms. The molecule has 1 aromatic rings. The SMILES string of the molecule is CCCCCCCCCCCCCCCCC(C)(C)S(=O)(=O)OCc1ccccc1. The Morgan fingerprint density at radius 2 is 1.13 bits per heavy atom. The zero-order chi connectivity index (χ0) is 22.1. The van der Waals surface area contributed by atoms with Crippen LogP contribution >= 0.6 is 0 Å². The molecule has 0 fully saturated rings. The van der Waals surface area contributed by atoms with E-state index in [0.717, 1.165) is 18.4 Å². The van der Waals surface area contributed by atoms with Crippen molar-refractivity contribution in [3.05, 3.63) is 35.9 Å². The molecule has 0 spiro atoms. The van der Waals surface area contributed by atoms with Gasteiger partial charge in [0.25, 0.3) is 10.1 Å². The summed E-state index contributed by atoms with van der Waals surface area (Å²) in [5.41, 5.74) is 0.883. The largest absolute Gasteiger partial charge is 0.272 e. The molecule has 0 bridgehead atoms. The van der Waals surface area contributed by atoms with Gasteiger partial charge in [0.05, 0.1) is 11.4 Å². The molecule has 0 amide bonds. The standard InChI is InChI=1S/C26H46O3S/c1-4-5-6-7-8-9-10-11-12-13-14-15-16-20-23-26(2,3)30(27,28)29-24-25-21-18-17-19-22-25/h17-19,21-22H,4-16,20,23-24H2,1-3H3. The minimum absolute atomic E-state index is 0.116. The van der Waals surface area contributed by atoms with Gasteiger partial charge in [0, 0.05) is 0 Å². The normalized spacial score (nSPS) is 12.4. The first-order chi connectivity index (χ1) is 14.4. The topological polar surface area (TPSA) is 43.4 Å². The van der Waals surface area contributed by atoms with Crippen molar-refractivity contribution >= 4 is 10.1 Å². The molecule has 0 saturated heterocycles. The van der Waals surface area contributed by atoms with E-state index in [1.807, 2.05) is 30.3 Å². The Morgan fingerprint density at radius 3 is 1.60 bits per heavy atom. The molecule has 1 aromatic carbocycles. The number of hydrogen-bond acceptors (Lipinski definition) is 3. The summed E-state index contributed by atoms with van der Waals surface area (Å²) < 4.78 is 29.6. The van der Waals surface area contributed by atoms with Crippen LogP contribution in [0.1, 0.15) is 123 Å². The summed E-state index contributed by atoms with van der Waals surface area (Å²) in [6, 6.07) is 9.47. The Kier molecular flexibility index (Phi) is 14.4. The van der Waals surface area contributed by atoms with Gasteiger partial charge in [-0.2, -0.15) is 8.42 Å². The van der Waals surface area contributed by atoms with Crippen LogP contribution in [0.2, 0.25) is 0 Å².